The van der Waals surface area contributed by atoms with Crippen molar-refractivity contribution in [1.29, 1.82) is 0 Å². The number of anilines is 1. The second-order valence-electron chi connectivity index (χ2n) is 14.3. The van der Waals surface area contributed by atoms with Crippen molar-refractivity contribution in [2.75, 3.05) is 4.90 Å². The van der Waals surface area contributed by atoms with Crippen LogP contribution in [0.15, 0.2) is 72.8 Å². The second-order valence-corrected chi connectivity index (χ2v) is 14.3. The van der Waals surface area contributed by atoms with Gasteiger partial charge in [0.1, 0.15) is 5.75 Å². The topological polar surface area (TPSA) is 55.6 Å². The standard InChI is InChI=1S/C35H42N2O3/c1-32(2,3)22-29(33(4,5)6)25-15-13-24(14-16-25)23-36-30-12-10-9-11-28(30)34(7,8)35(36)20-19-26-21-27(37(38)39)17-18-31(26)40-35/h9-21,29H,22-23H2,1-8H3. The summed E-state index contributed by atoms with van der Waals surface area (Å²) >= 11 is 0. The lowest BCUT2D eigenvalue weighted by molar-refractivity contribution is -0.384. The third kappa shape index (κ3) is 4.80. The van der Waals surface area contributed by atoms with Gasteiger partial charge in [-0.25, -0.2) is 0 Å². The molecule has 0 aliphatic carbocycles. The van der Waals surface area contributed by atoms with Crippen molar-refractivity contribution in [1.82, 2.24) is 0 Å². The van der Waals surface area contributed by atoms with Crippen molar-refractivity contribution in [2.45, 2.75) is 85.4 Å². The van der Waals surface area contributed by atoms with E-state index in [0.717, 1.165) is 17.7 Å². The van der Waals surface area contributed by atoms with Gasteiger partial charge in [-0.3, -0.25) is 10.1 Å². The van der Waals surface area contributed by atoms with Crippen LogP contribution in [0, 0.1) is 20.9 Å². The van der Waals surface area contributed by atoms with E-state index in [1.54, 1.807) is 12.1 Å². The van der Waals surface area contributed by atoms with Gasteiger partial charge < -0.3 is 9.64 Å². The largest absolute Gasteiger partial charge is 0.463 e. The number of fused-ring (bicyclic) bond motifs is 2. The monoisotopic (exact) mass is 538 g/mol. The first-order chi connectivity index (χ1) is 18.6. The summed E-state index contributed by atoms with van der Waals surface area (Å²) in [6.45, 7) is 19.1. The first-order valence-electron chi connectivity index (χ1n) is 14.3. The summed E-state index contributed by atoms with van der Waals surface area (Å²) in [6, 6.07) is 22.5. The van der Waals surface area contributed by atoms with Gasteiger partial charge in [0.2, 0.25) is 5.72 Å². The van der Waals surface area contributed by atoms with E-state index in [2.05, 4.69) is 115 Å². The molecule has 2 aliphatic heterocycles. The molecule has 2 aliphatic rings. The van der Waals surface area contributed by atoms with E-state index in [-0.39, 0.29) is 26.9 Å². The quantitative estimate of drug-likeness (QED) is 0.240. The molecule has 2 heterocycles. The second kappa shape index (κ2) is 9.50. The number of nitro groups is 1. The maximum absolute atomic E-state index is 11.4. The van der Waals surface area contributed by atoms with Crippen LogP contribution in [0.4, 0.5) is 11.4 Å². The third-order valence-electron chi connectivity index (χ3n) is 8.71. The molecule has 5 heteroatoms. The average Bonchev–Trinajstić information content (AvgIpc) is 3.05. The lowest BCUT2D eigenvalue weighted by atomic mass is 9.69. The van der Waals surface area contributed by atoms with Crippen LogP contribution in [0.3, 0.4) is 0 Å². The van der Waals surface area contributed by atoms with Crippen LogP contribution in [0.2, 0.25) is 0 Å². The molecular formula is C35H42N2O3. The molecule has 0 aromatic heterocycles. The van der Waals surface area contributed by atoms with E-state index in [9.17, 15) is 10.1 Å². The van der Waals surface area contributed by atoms with Gasteiger partial charge in [-0.05, 0) is 78.0 Å². The minimum atomic E-state index is -0.779. The number of nitro benzene ring substituents is 1. The lowest BCUT2D eigenvalue weighted by Gasteiger charge is -2.47. The molecule has 2 atom stereocenters. The van der Waals surface area contributed by atoms with E-state index in [1.807, 2.05) is 6.08 Å². The summed E-state index contributed by atoms with van der Waals surface area (Å²) in [6.07, 6.45) is 5.20. The molecule has 0 saturated carbocycles. The fraction of sp³-hybridized carbons (Fsp3) is 0.429. The molecule has 2 unspecified atom stereocenters. The number of benzene rings is 3. The predicted molar refractivity (Wildman–Crippen MR) is 164 cm³/mol. The van der Waals surface area contributed by atoms with E-state index < -0.39 is 5.72 Å². The van der Waals surface area contributed by atoms with Gasteiger partial charge in [-0.2, -0.15) is 0 Å². The zero-order valence-corrected chi connectivity index (χ0v) is 25.1. The Morgan fingerprint density at radius 1 is 0.950 bits per heavy atom. The number of non-ortho nitro benzene ring substituents is 1. The zero-order chi connectivity index (χ0) is 29.1. The van der Waals surface area contributed by atoms with Gasteiger partial charge >= 0.3 is 0 Å². The first kappa shape index (κ1) is 27.9. The van der Waals surface area contributed by atoms with Gasteiger partial charge in [0, 0.05) is 29.9 Å². The summed E-state index contributed by atoms with van der Waals surface area (Å²) in [7, 11) is 0. The van der Waals surface area contributed by atoms with Crippen molar-refractivity contribution < 1.29 is 9.66 Å². The smallest absolute Gasteiger partial charge is 0.270 e. The number of rotatable bonds is 5. The Bertz CT molecular complexity index is 1460. The molecule has 40 heavy (non-hydrogen) atoms. The van der Waals surface area contributed by atoms with Crippen LogP contribution in [-0.2, 0) is 12.0 Å². The van der Waals surface area contributed by atoms with Crippen LogP contribution in [0.1, 0.15) is 90.0 Å². The number of nitrogens with zero attached hydrogens (tertiary/aromatic N) is 2. The summed E-state index contributed by atoms with van der Waals surface area (Å²) in [5.74, 6) is 1.12. The highest BCUT2D eigenvalue weighted by Crippen LogP contribution is 2.55. The Labute approximate surface area is 239 Å². The minimum Gasteiger partial charge on any atom is -0.463 e. The molecule has 0 N–H and O–H groups in total. The number of hydrogen-bond acceptors (Lipinski definition) is 4. The number of ether oxygens (including phenoxy) is 1. The third-order valence-corrected chi connectivity index (χ3v) is 8.71. The van der Waals surface area contributed by atoms with Gasteiger partial charge in [0.25, 0.3) is 5.69 Å². The van der Waals surface area contributed by atoms with Crippen LogP contribution < -0.4 is 9.64 Å². The molecule has 5 nitrogen and oxygen atoms in total. The van der Waals surface area contributed by atoms with Crippen LogP contribution in [0.5, 0.6) is 5.75 Å². The Morgan fingerprint density at radius 2 is 1.62 bits per heavy atom. The highest BCUT2D eigenvalue weighted by molar-refractivity contribution is 5.73. The van der Waals surface area contributed by atoms with E-state index >= 15 is 0 Å². The molecule has 0 saturated heterocycles. The van der Waals surface area contributed by atoms with Crippen molar-refractivity contribution in [3.63, 3.8) is 0 Å². The van der Waals surface area contributed by atoms with Gasteiger partial charge in [0.05, 0.1) is 10.3 Å². The molecule has 0 fully saturated rings. The minimum absolute atomic E-state index is 0.0638. The Kier molecular flexibility index (Phi) is 6.64. The maximum atomic E-state index is 11.4. The highest BCUT2D eigenvalue weighted by atomic mass is 16.6. The number of hydrogen-bond donors (Lipinski definition) is 0. The normalized spacial score (nSPS) is 20.1. The van der Waals surface area contributed by atoms with E-state index in [0.29, 0.717) is 18.2 Å². The van der Waals surface area contributed by atoms with Crippen LogP contribution >= 0.6 is 0 Å². The lowest BCUT2D eigenvalue weighted by Crippen LogP contribution is -2.59. The summed E-state index contributed by atoms with van der Waals surface area (Å²) in [5, 5.41) is 11.4. The molecule has 3 aromatic carbocycles. The fourth-order valence-corrected chi connectivity index (χ4v) is 6.48. The summed E-state index contributed by atoms with van der Waals surface area (Å²) in [5.41, 5.74) is 5.01. The zero-order valence-electron chi connectivity index (χ0n) is 25.1. The van der Waals surface area contributed by atoms with E-state index in [1.165, 1.54) is 22.8 Å². The van der Waals surface area contributed by atoms with Crippen molar-refractivity contribution in [2.24, 2.45) is 10.8 Å². The molecule has 210 valence electrons. The fourth-order valence-electron chi connectivity index (χ4n) is 6.48. The Balaban J connectivity index is 1.52. The van der Waals surface area contributed by atoms with Crippen molar-refractivity contribution in [3.8, 4) is 5.75 Å². The summed E-state index contributed by atoms with van der Waals surface area (Å²) < 4.78 is 6.88. The van der Waals surface area contributed by atoms with Crippen molar-refractivity contribution >= 4 is 17.5 Å². The maximum Gasteiger partial charge on any atom is 0.270 e. The molecule has 5 rings (SSSR count). The highest BCUT2D eigenvalue weighted by Gasteiger charge is 2.58. The average molecular weight is 539 g/mol. The van der Waals surface area contributed by atoms with Gasteiger partial charge in [-0.1, -0.05) is 84.0 Å². The predicted octanol–water partition coefficient (Wildman–Crippen LogP) is 9.26. The Hall–Kier alpha value is -3.60. The summed E-state index contributed by atoms with van der Waals surface area (Å²) in [4.78, 5) is 13.4. The van der Waals surface area contributed by atoms with Crippen LogP contribution in [0.25, 0.3) is 6.08 Å². The van der Waals surface area contributed by atoms with Gasteiger partial charge in [0.15, 0.2) is 0 Å². The Morgan fingerprint density at radius 3 is 2.25 bits per heavy atom. The molecular weight excluding hydrogens is 496 g/mol. The molecule has 0 radical (unpaired) electrons. The number of para-hydroxylation sites is 1. The SMILES string of the molecule is CC(C)(C)CC(c1ccc(CN2c3ccccc3C(C)(C)C23C=Cc2cc([N+](=O)[O-])ccc2O3)cc1)C(C)(C)C. The first-order valence-corrected chi connectivity index (χ1v) is 14.3. The molecule has 0 amide bonds. The van der Waals surface area contributed by atoms with Gasteiger partial charge in [-0.15, -0.1) is 0 Å². The van der Waals surface area contributed by atoms with Crippen molar-refractivity contribution in [3.05, 3.63) is 105 Å². The molecule has 1 spiro atoms. The molecule has 3 aromatic rings. The van der Waals surface area contributed by atoms with Crippen LogP contribution in [-0.4, -0.2) is 10.6 Å². The molecule has 0 bridgehead atoms. The van der Waals surface area contributed by atoms with E-state index in [4.69, 9.17) is 4.74 Å².